The molecule has 1 aliphatic rings. The van der Waals surface area contributed by atoms with Gasteiger partial charge < -0.3 is 15.4 Å². The van der Waals surface area contributed by atoms with E-state index >= 15 is 0 Å². The highest BCUT2D eigenvalue weighted by atomic mass is 16.5. The van der Waals surface area contributed by atoms with Gasteiger partial charge in [-0.05, 0) is 31.4 Å². The van der Waals surface area contributed by atoms with Crippen molar-refractivity contribution in [2.75, 3.05) is 23.8 Å². The number of hydrogen-bond donors (Lipinski definition) is 2. The molecule has 2 N–H and O–H groups in total. The fourth-order valence-corrected chi connectivity index (χ4v) is 2.40. The van der Waals surface area contributed by atoms with Crippen molar-refractivity contribution in [1.82, 2.24) is 9.97 Å². The van der Waals surface area contributed by atoms with Crippen LogP contribution >= 0.6 is 0 Å². The van der Waals surface area contributed by atoms with Gasteiger partial charge in [0, 0.05) is 24.9 Å². The largest absolute Gasteiger partial charge is 0.376 e. The van der Waals surface area contributed by atoms with Crippen molar-refractivity contribution in [3.05, 3.63) is 42.2 Å². The summed E-state index contributed by atoms with van der Waals surface area (Å²) in [6.07, 6.45) is 4.13. The molecule has 0 saturated carbocycles. The Labute approximate surface area is 124 Å². The second-order valence-corrected chi connectivity index (χ2v) is 5.24. The van der Waals surface area contributed by atoms with Crippen LogP contribution in [0.2, 0.25) is 0 Å². The molecule has 0 spiro atoms. The van der Waals surface area contributed by atoms with E-state index in [1.165, 1.54) is 5.56 Å². The predicted octanol–water partition coefficient (Wildman–Crippen LogP) is 3.12. The molecule has 5 nitrogen and oxygen atoms in total. The average Bonchev–Trinajstić information content (AvgIpc) is 3.01. The Kier molecular flexibility index (Phi) is 4.31. The molecule has 21 heavy (non-hydrogen) atoms. The molecule has 3 rings (SSSR count). The zero-order valence-corrected chi connectivity index (χ0v) is 12.2. The molecule has 1 fully saturated rings. The topological polar surface area (TPSA) is 59.1 Å². The van der Waals surface area contributed by atoms with Crippen molar-refractivity contribution in [2.24, 2.45) is 0 Å². The lowest BCUT2D eigenvalue weighted by atomic mass is 10.2. The molecule has 1 aliphatic heterocycles. The number of benzene rings is 1. The molecule has 0 bridgehead atoms. The molecule has 1 unspecified atom stereocenters. The summed E-state index contributed by atoms with van der Waals surface area (Å²) >= 11 is 0. The molecule has 1 saturated heterocycles. The average molecular weight is 284 g/mol. The number of hydrogen-bond acceptors (Lipinski definition) is 5. The number of aromatic nitrogens is 2. The summed E-state index contributed by atoms with van der Waals surface area (Å²) in [5.74, 6) is 1.60. The van der Waals surface area contributed by atoms with Gasteiger partial charge in [0.05, 0.1) is 6.10 Å². The van der Waals surface area contributed by atoms with Crippen LogP contribution in [0.5, 0.6) is 0 Å². The summed E-state index contributed by atoms with van der Waals surface area (Å²) in [5, 5.41) is 6.63. The summed E-state index contributed by atoms with van der Waals surface area (Å²) in [4.78, 5) is 8.51. The smallest absolute Gasteiger partial charge is 0.135 e. The van der Waals surface area contributed by atoms with Gasteiger partial charge in [-0.1, -0.05) is 18.2 Å². The SMILES string of the molecule is Cc1ccccc1Nc1cc(NCC2CCCO2)ncn1. The van der Waals surface area contributed by atoms with Crippen LogP contribution < -0.4 is 10.6 Å². The predicted molar refractivity (Wildman–Crippen MR) is 84.0 cm³/mol. The number of ether oxygens (including phenoxy) is 1. The minimum Gasteiger partial charge on any atom is -0.376 e. The number of aryl methyl sites for hydroxylation is 1. The molecule has 110 valence electrons. The van der Waals surface area contributed by atoms with Gasteiger partial charge in [0.25, 0.3) is 0 Å². The van der Waals surface area contributed by atoms with Gasteiger partial charge in [0.2, 0.25) is 0 Å². The van der Waals surface area contributed by atoms with E-state index in [1.807, 2.05) is 24.3 Å². The molecule has 2 heterocycles. The van der Waals surface area contributed by atoms with Crippen LogP contribution in [0.3, 0.4) is 0 Å². The van der Waals surface area contributed by atoms with Gasteiger partial charge >= 0.3 is 0 Å². The van der Waals surface area contributed by atoms with Crippen LogP contribution in [0.4, 0.5) is 17.3 Å². The maximum atomic E-state index is 5.59. The van der Waals surface area contributed by atoms with E-state index in [4.69, 9.17) is 4.74 Å². The first kappa shape index (κ1) is 13.8. The van der Waals surface area contributed by atoms with Crippen LogP contribution in [0.1, 0.15) is 18.4 Å². The van der Waals surface area contributed by atoms with Crippen molar-refractivity contribution in [2.45, 2.75) is 25.9 Å². The highest BCUT2D eigenvalue weighted by molar-refractivity contribution is 5.61. The van der Waals surface area contributed by atoms with Crippen LogP contribution in [0.15, 0.2) is 36.7 Å². The van der Waals surface area contributed by atoms with E-state index in [9.17, 15) is 0 Å². The monoisotopic (exact) mass is 284 g/mol. The molecule has 0 aliphatic carbocycles. The summed E-state index contributed by atoms with van der Waals surface area (Å²) in [6.45, 7) is 3.73. The zero-order chi connectivity index (χ0) is 14.5. The zero-order valence-electron chi connectivity index (χ0n) is 12.2. The van der Waals surface area contributed by atoms with Gasteiger partial charge in [0.15, 0.2) is 0 Å². The summed E-state index contributed by atoms with van der Waals surface area (Å²) in [5.41, 5.74) is 2.24. The van der Waals surface area contributed by atoms with Crippen LogP contribution in [-0.4, -0.2) is 29.2 Å². The Hall–Kier alpha value is -2.14. The first-order valence-corrected chi connectivity index (χ1v) is 7.31. The molecule has 1 atom stereocenters. The third kappa shape index (κ3) is 3.70. The Morgan fingerprint density at radius 1 is 1.24 bits per heavy atom. The molecule has 2 aromatic rings. The van der Waals surface area contributed by atoms with Gasteiger partial charge in [-0.15, -0.1) is 0 Å². The highest BCUT2D eigenvalue weighted by Gasteiger charge is 2.15. The van der Waals surface area contributed by atoms with Gasteiger partial charge in [-0.3, -0.25) is 0 Å². The van der Waals surface area contributed by atoms with Crippen molar-refractivity contribution in [3.63, 3.8) is 0 Å². The fourth-order valence-electron chi connectivity index (χ4n) is 2.40. The van der Waals surface area contributed by atoms with Crippen molar-refractivity contribution in [1.29, 1.82) is 0 Å². The molecule has 0 radical (unpaired) electrons. The lowest BCUT2D eigenvalue weighted by molar-refractivity contribution is 0.120. The van der Waals surface area contributed by atoms with E-state index < -0.39 is 0 Å². The van der Waals surface area contributed by atoms with Crippen LogP contribution in [-0.2, 0) is 4.74 Å². The Bertz CT molecular complexity index is 596. The van der Waals surface area contributed by atoms with E-state index in [-0.39, 0.29) is 0 Å². The fraction of sp³-hybridized carbons (Fsp3) is 0.375. The number of nitrogens with one attached hydrogen (secondary N) is 2. The number of nitrogens with zero attached hydrogens (tertiary/aromatic N) is 2. The van der Waals surface area contributed by atoms with Crippen molar-refractivity contribution < 1.29 is 4.74 Å². The second kappa shape index (κ2) is 6.54. The number of para-hydroxylation sites is 1. The van der Waals surface area contributed by atoms with Gasteiger partial charge in [0.1, 0.15) is 18.0 Å². The molecule has 0 amide bonds. The van der Waals surface area contributed by atoms with Crippen LogP contribution in [0, 0.1) is 6.92 Å². The summed E-state index contributed by atoms with van der Waals surface area (Å²) < 4.78 is 5.59. The third-order valence-electron chi connectivity index (χ3n) is 3.61. The highest BCUT2D eigenvalue weighted by Crippen LogP contribution is 2.20. The second-order valence-electron chi connectivity index (χ2n) is 5.24. The molecule has 5 heteroatoms. The quantitative estimate of drug-likeness (QED) is 0.883. The maximum absolute atomic E-state index is 5.59. The van der Waals surface area contributed by atoms with Gasteiger partial charge in [-0.25, -0.2) is 9.97 Å². The minimum absolute atomic E-state index is 0.299. The maximum Gasteiger partial charge on any atom is 0.135 e. The lowest BCUT2D eigenvalue weighted by Crippen LogP contribution is -2.19. The number of anilines is 3. The van der Waals surface area contributed by atoms with Crippen LogP contribution in [0.25, 0.3) is 0 Å². The lowest BCUT2D eigenvalue weighted by Gasteiger charge is -2.12. The third-order valence-corrected chi connectivity index (χ3v) is 3.61. The standard InChI is InChI=1S/C16H20N4O/c1-12-5-2-3-7-14(12)20-16-9-15(18-11-19-16)17-10-13-6-4-8-21-13/h2-3,5,7,9,11,13H,4,6,8,10H2,1H3,(H2,17,18,19,20). The first-order chi connectivity index (χ1) is 10.3. The Morgan fingerprint density at radius 2 is 2.10 bits per heavy atom. The molecular weight excluding hydrogens is 264 g/mol. The Balaban J connectivity index is 1.64. The number of rotatable bonds is 5. The summed E-state index contributed by atoms with van der Waals surface area (Å²) in [7, 11) is 0. The minimum atomic E-state index is 0.299. The van der Waals surface area contributed by atoms with Gasteiger partial charge in [-0.2, -0.15) is 0 Å². The first-order valence-electron chi connectivity index (χ1n) is 7.31. The van der Waals surface area contributed by atoms with E-state index in [2.05, 4.69) is 33.6 Å². The normalized spacial score (nSPS) is 17.7. The summed E-state index contributed by atoms with van der Waals surface area (Å²) in [6, 6.07) is 10.1. The molecule has 1 aromatic carbocycles. The van der Waals surface area contributed by atoms with Crippen molar-refractivity contribution in [3.8, 4) is 0 Å². The van der Waals surface area contributed by atoms with E-state index in [0.717, 1.165) is 43.3 Å². The molecular formula is C16H20N4O. The molecule has 1 aromatic heterocycles. The Morgan fingerprint density at radius 3 is 2.90 bits per heavy atom. The van der Waals surface area contributed by atoms with E-state index in [1.54, 1.807) is 6.33 Å². The van der Waals surface area contributed by atoms with Crippen molar-refractivity contribution >= 4 is 17.3 Å². The van der Waals surface area contributed by atoms with E-state index in [0.29, 0.717) is 6.10 Å².